The summed E-state index contributed by atoms with van der Waals surface area (Å²) >= 11 is 0. The molecule has 0 heterocycles. The van der Waals surface area contributed by atoms with Gasteiger partial charge in [0, 0.05) is 25.8 Å². The van der Waals surface area contributed by atoms with Crippen molar-refractivity contribution in [3.8, 4) is 0 Å². The van der Waals surface area contributed by atoms with E-state index in [4.69, 9.17) is 0 Å². The molecule has 0 aromatic heterocycles. The van der Waals surface area contributed by atoms with Crippen LogP contribution < -0.4 is 10.2 Å². The SMILES string of the molecule is CCNC(CC)c1ccc(N(C)C)cc1. The molecule has 0 aliphatic carbocycles. The van der Waals surface area contributed by atoms with Gasteiger partial charge in [-0.1, -0.05) is 26.0 Å². The van der Waals surface area contributed by atoms with Gasteiger partial charge in [0.1, 0.15) is 0 Å². The first kappa shape index (κ1) is 12.1. The van der Waals surface area contributed by atoms with Gasteiger partial charge < -0.3 is 10.2 Å². The van der Waals surface area contributed by atoms with Crippen molar-refractivity contribution in [2.75, 3.05) is 25.5 Å². The summed E-state index contributed by atoms with van der Waals surface area (Å²) in [6.45, 7) is 5.39. The van der Waals surface area contributed by atoms with Crippen molar-refractivity contribution in [2.24, 2.45) is 0 Å². The molecule has 0 saturated heterocycles. The number of benzene rings is 1. The third kappa shape index (κ3) is 3.24. The fourth-order valence-corrected chi connectivity index (χ4v) is 1.75. The predicted octanol–water partition coefficient (Wildman–Crippen LogP) is 2.81. The van der Waals surface area contributed by atoms with Crippen molar-refractivity contribution in [1.82, 2.24) is 5.32 Å². The highest BCUT2D eigenvalue weighted by Gasteiger charge is 2.06. The quantitative estimate of drug-likeness (QED) is 0.797. The van der Waals surface area contributed by atoms with Crippen LogP contribution in [0.1, 0.15) is 31.9 Å². The van der Waals surface area contributed by atoms with Crippen LogP contribution in [-0.4, -0.2) is 20.6 Å². The number of hydrogen-bond acceptors (Lipinski definition) is 2. The number of nitrogens with one attached hydrogen (secondary N) is 1. The van der Waals surface area contributed by atoms with Crippen molar-refractivity contribution in [1.29, 1.82) is 0 Å². The standard InChI is InChI=1S/C13H22N2/c1-5-13(14-6-2)11-7-9-12(10-8-11)15(3)4/h7-10,13-14H,5-6H2,1-4H3. The zero-order valence-corrected chi connectivity index (χ0v) is 10.2. The Morgan fingerprint density at radius 3 is 2.13 bits per heavy atom. The summed E-state index contributed by atoms with van der Waals surface area (Å²) in [6, 6.07) is 9.27. The van der Waals surface area contributed by atoms with Crippen molar-refractivity contribution in [2.45, 2.75) is 26.3 Å². The molecule has 0 fully saturated rings. The molecule has 1 N–H and O–H groups in total. The lowest BCUT2D eigenvalue weighted by Crippen LogP contribution is -2.20. The molecule has 84 valence electrons. The Balaban J connectivity index is 2.77. The summed E-state index contributed by atoms with van der Waals surface area (Å²) in [7, 11) is 4.13. The number of anilines is 1. The second-order valence-electron chi connectivity index (χ2n) is 4.00. The molecule has 0 aliphatic rings. The molecule has 1 rings (SSSR count). The van der Waals surface area contributed by atoms with Gasteiger partial charge in [-0.2, -0.15) is 0 Å². The van der Waals surface area contributed by atoms with Crippen LogP contribution in [0, 0.1) is 0 Å². The monoisotopic (exact) mass is 206 g/mol. The maximum atomic E-state index is 3.48. The number of nitrogens with zero attached hydrogens (tertiary/aromatic N) is 1. The van der Waals surface area contributed by atoms with Crippen LogP contribution in [-0.2, 0) is 0 Å². The Kier molecular flexibility index (Phi) is 4.63. The topological polar surface area (TPSA) is 15.3 Å². The van der Waals surface area contributed by atoms with Crippen LogP contribution in [0.15, 0.2) is 24.3 Å². The molecule has 2 nitrogen and oxygen atoms in total. The van der Waals surface area contributed by atoms with Gasteiger partial charge in [-0.25, -0.2) is 0 Å². The molecule has 0 amide bonds. The van der Waals surface area contributed by atoms with E-state index < -0.39 is 0 Å². The Hall–Kier alpha value is -1.02. The molecule has 0 saturated carbocycles. The summed E-state index contributed by atoms with van der Waals surface area (Å²) in [6.07, 6.45) is 1.13. The third-order valence-corrected chi connectivity index (χ3v) is 2.67. The first-order chi connectivity index (χ1) is 7.19. The first-order valence-corrected chi connectivity index (χ1v) is 5.69. The Labute approximate surface area is 93.3 Å². The smallest absolute Gasteiger partial charge is 0.0361 e. The van der Waals surface area contributed by atoms with Crippen LogP contribution in [0.2, 0.25) is 0 Å². The number of rotatable bonds is 5. The van der Waals surface area contributed by atoms with Gasteiger partial charge in [-0.15, -0.1) is 0 Å². The fourth-order valence-electron chi connectivity index (χ4n) is 1.75. The molecule has 1 unspecified atom stereocenters. The highest BCUT2D eigenvalue weighted by Crippen LogP contribution is 2.19. The molecule has 1 atom stereocenters. The van der Waals surface area contributed by atoms with Gasteiger partial charge in [0.05, 0.1) is 0 Å². The molecule has 15 heavy (non-hydrogen) atoms. The lowest BCUT2D eigenvalue weighted by Gasteiger charge is -2.18. The normalized spacial score (nSPS) is 12.5. The molecular weight excluding hydrogens is 184 g/mol. The maximum Gasteiger partial charge on any atom is 0.0361 e. The van der Waals surface area contributed by atoms with E-state index in [0.717, 1.165) is 13.0 Å². The zero-order valence-electron chi connectivity index (χ0n) is 10.2. The van der Waals surface area contributed by atoms with E-state index in [2.05, 4.69) is 62.4 Å². The van der Waals surface area contributed by atoms with E-state index in [9.17, 15) is 0 Å². The summed E-state index contributed by atoms with van der Waals surface area (Å²) in [5.74, 6) is 0. The van der Waals surface area contributed by atoms with Gasteiger partial charge in [0.25, 0.3) is 0 Å². The van der Waals surface area contributed by atoms with Crippen molar-refractivity contribution in [3.63, 3.8) is 0 Å². The highest BCUT2D eigenvalue weighted by molar-refractivity contribution is 5.46. The van der Waals surface area contributed by atoms with E-state index in [0.29, 0.717) is 6.04 Å². The lowest BCUT2D eigenvalue weighted by atomic mass is 10.0. The van der Waals surface area contributed by atoms with Crippen molar-refractivity contribution in [3.05, 3.63) is 29.8 Å². The van der Waals surface area contributed by atoms with E-state index in [1.807, 2.05) is 0 Å². The average molecular weight is 206 g/mol. The van der Waals surface area contributed by atoms with Crippen LogP contribution in [0.25, 0.3) is 0 Å². The van der Waals surface area contributed by atoms with Gasteiger partial charge in [0.2, 0.25) is 0 Å². The first-order valence-electron chi connectivity index (χ1n) is 5.69. The summed E-state index contributed by atoms with van der Waals surface area (Å²) in [4.78, 5) is 2.12. The van der Waals surface area contributed by atoms with Crippen LogP contribution in [0.3, 0.4) is 0 Å². The van der Waals surface area contributed by atoms with Gasteiger partial charge in [-0.05, 0) is 30.7 Å². The largest absolute Gasteiger partial charge is 0.378 e. The Bertz CT molecular complexity index is 277. The van der Waals surface area contributed by atoms with Gasteiger partial charge in [0.15, 0.2) is 0 Å². The predicted molar refractivity (Wildman–Crippen MR) is 67.5 cm³/mol. The van der Waals surface area contributed by atoms with Crippen LogP contribution in [0.5, 0.6) is 0 Å². The minimum atomic E-state index is 0.492. The van der Waals surface area contributed by atoms with E-state index in [1.54, 1.807) is 0 Å². The van der Waals surface area contributed by atoms with Crippen molar-refractivity contribution < 1.29 is 0 Å². The second kappa shape index (κ2) is 5.76. The third-order valence-electron chi connectivity index (χ3n) is 2.67. The lowest BCUT2D eigenvalue weighted by molar-refractivity contribution is 0.537. The van der Waals surface area contributed by atoms with E-state index in [-0.39, 0.29) is 0 Å². The van der Waals surface area contributed by atoms with Gasteiger partial charge in [-0.3, -0.25) is 0 Å². The summed E-state index contributed by atoms with van der Waals surface area (Å²) in [5, 5.41) is 3.48. The van der Waals surface area contributed by atoms with Crippen LogP contribution >= 0.6 is 0 Å². The van der Waals surface area contributed by atoms with E-state index in [1.165, 1.54) is 11.3 Å². The molecule has 0 bridgehead atoms. The molecular formula is C13H22N2. The zero-order chi connectivity index (χ0) is 11.3. The molecule has 0 aliphatic heterocycles. The van der Waals surface area contributed by atoms with Crippen LogP contribution in [0.4, 0.5) is 5.69 Å². The summed E-state index contributed by atoms with van der Waals surface area (Å²) in [5.41, 5.74) is 2.63. The highest BCUT2D eigenvalue weighted by atomic mass is 15.1. The molecule has 1 aromatic rings. The molecule has 0 radical (unpaired) electrons. The number of hydrogen-bond donors (Lipinski definition) is 1. The van der Waals surface area contributed by atoms with Gasteiger partial charge >= 0.3 is 0 Å². The molecule has 0 spiro atoms. The second-order valence-corrected chi connectivity index (χ2v) is 4.00. The minimum Gasteiger partial charge on any atom is -0.378 e. The maximum absolute atomic E-state index is 3.48. The fraction of sp³-hybridized carbons (Fsp3) is 0.538. The Morgan fingerprint density at radius 1 is 1.13 bits per heavy atom. The minimum absolute atomic E-state index is 0.492. The van der Waals surface area contributed by atoms with Crippen molar-refractivity contribution >= 4 is 5.69 Å². The van der Waals surface area contributed by atoms with E-state index >= 15 is 0 Å². The summed E-state index contributed by atoms with van der Waals surface area (Å²) < 4.78 is 0. The average Bonchev–Trinajstić information content (AvgIpc) is 2.26. The molecule has 2 heteroatoms. The Morgan fingerprint density at radius 2 is 1.73 bits per heavy atom. The molecule has 1 aromatic carbocycles.